The summed E-state index contributed by atoms with van der Waals surface area (Å²) in [7, 11) is 0. The van der Waals surface area contributed by atoms with E-state index >= 15 is 0 Å². The highest BCUT2D eigenvalue weighted by atomic mass is 35.5. The lowest BCUT2D eigenvalue weighted by atomic mass is 10.1. The van der Waals surface area contributed by atoms with Crippen LogP contribution in [-0.4, -0.2) is 29.4 Å². The molecule has 0 fully saturated rings. The molecule has 1 heterocycles. The lowest BCUT2D eigenvalue weighted by Crippen LogP contribution is -2.02. The summed E-state index contributed by atoms with van der Waals surface area (Å²) in [5.74, 6) is -0.230. The van der Waals surface area contributed by atoms with Crippen molar-refractivity contribution >= 4 is 17.6 Å². The zero-order valence-corrected chi connectivity index (χ0v) is 10.4. The number of fused-ring (bicyclic) bond motifs is 1. The highest BCUT2D eigenvalue weighted by Crippen LogP contribution is 2.43. The van der Waals surface area contributed by atoms with Crippen molar-refractivity contribution in [1.29, 1.82) is 0 Å². The topological polar surface area (TPSA) is 76.0 Å². The number of benzene rings is 1. The zero-order chi connectivity index (χ0) is 13.1. The number of rotatable bonds is 3. The van der Waals surface area contributed by atoms with Crippen LogP contribution in [0.4, 0.5) is 0 Å². The molecule has 6 heteroatoms. The van der Waals surface area contributed by atoms with Crippen molar-refractivity contribution in [2.75, 3.05) is 13.2 Å². The molecule has 0 aliphatic carbocycles. The highest BCUT2D eigenvalue weighted by molar-refractivity contribution is 6.32. The van der Waals surface area contributed by atoms with Crippen molar-refractivity contribution in [2.24, 2.45) is 0 Å². The van der Waals surface area contributed by atoms with Gasteiger partial charge in [0.05, 0.1) is 18.2 Å². The number of aliphatic carboxylic acids is 1. The van der Waals surface area contributed by atoms with Crippen LogP contribution < -0.4 is 9.47 Å². The Bertz CT molecular complexity index is 472. The van der Waals surface area contributed by atoms with Crippen LogP contribution in [0.25, 0.3) is 0 Å². The molecular formula is C12H13ClO5. The monoisotopic (exact) mass is 272 g/mol. The zero-order valence-electron chi connectivity index (χ0n) is 9.61. The van der Waals surface area contributed by atoms with E-state index in [1.165, 1.54) is 6.07 Å². The Kier molecular flexibility index (Phi) is 3.81. The number of phenols is 1. The Morgan fingerprint density at radius 2 is 2.11 bits per heavy atom. The van der Waals surface area contributed by atoms with Gasteiger partial charge in [0.15, 0.2) is 11.5 Å². The third-order valence-corrected chi connectivity index (χ3v) is 2.94. The molecule has 1 aromatic rings. The Labute approximate surface area is 109 Å². The third kappa shape index (κ3) is 2.61. The van der Waals surface area contributed by atoms with Crippen LogP contribution >= 0.6 is 11.6 Å². The summed E-state index contributed by atoms with van der Waals surface area (Å²) in [6.07, 6.45) is 0.766. The van der Waals surface area contributed by atoms with E-state index in [9.17, 15) is 9.90 Å². The molecule has 1 aromatic carbocycles. The average Bonchev–Trinajstić information content (AvgIpc) is 2.54. The molecule has 2 rings (SSSR count). The number of halogens is 1. The van der Waals surface area contributed by atoms with Crippen LogP contribution in [0.15, 0.2) is 6.07 Å². The van der Waals surface area contributed by atoms with E-state index in [4.69, 9.17) is 26.2 Å². The standard InChI is InChI=1S/C12H13ClO5/c13-8-6-9-12(18-5-1-4-17-9)7(11(8)16)2-3-10(14)15/h6,16H,1-5H2,(H,14,15). The van der Waals surface area contributed by atoms with Crippen LogP contribution in [0, 0.1) is 0 Å². The van der Waals surface area contributed by atoms with Gasteiger partial charge >= 0.3 is 5.97 Å². The number of phenolic OH excluding ortho intramolecular Hbond substituents is 1. The van der Waals surface area contributed by atoms with Gasteiger partial charge in [-0.15, -0.1) is 0 Å². The summed E-state index contributed by atoms with van der Waals surface area (Å²) in [5.41, 5.74) is 0.391. The van der Waals surface area contributed by atoms with Gasteiger partial charge in [-0.2, -0.15) is 0 Å². The molecule has 98 valence electrons. The average molecular weight is 273 g/mol. The first-order valence-corrected chi connectivity index (χ1v) is 5.99. The van der Waals surface area contributed by atoms with Gasteiger partial charge in [-0.25, -0.2) is 0 Å². The van der Waals surface area contributed by atoms with E-state index in [-0.39, 0.29) is 23.6 Å². The SMILES string of the molecule is O=C(O)CCc1c(O)c(Cl)cc2c1OCCCO2. The van der Waals surface area contributed by atoms with Gasteiger partial charge in [-0.05, 0) is 6.42 Å². The molecule has 1 aliphatic rings. The molecule has 0 saturated heterocycles. The fraction of sp³-hybridized carbons (Fsp3) is 0.417. The highest BCUT2D eigenvalue weighted by Gasteiger charge is 2.21. The largest absolute Gasteiger partial charge is 0.506 e. The predicted octanol–water partition coefficient (Wildman–Crippen LogP) is 2.22. The Morgan fingerprint density at radius 3 is 2.83 bits per heavy atom. The molecule has 18 heavy (non-hydrogen) atoms. The van der Waals surface area contributed by atoms with Crippen molar-refractivity contribution in [3.63, 3.8) is 0 Å². The van der Waals surface area contributed by atoms with Gasteiger partial charge in [0.2, 0.25) is 0 Å². The third-order valence-electron chi connectivity index (χ3n) is 2.65. The maximum atomic E-state index is 10.6. The second-order valence-electron chi connectivity index (χ2n) is 3.96. The van der Waals surface area contributed by atoms with E-state index in [2.05, 4.69) is 0 Å². The minimum atomic E-state index is -0.947. The van der Waals surface area contributed by atoms with E-state index < -0.39 is 5.97 Å². The Hall–Kier alpha value is -1.62. The van der Waals surface area contributed by atoms with Crippen molar-refractivity contribution in [3.8, 4) is 17.2 Å². The maximum Gasteiger partial charge on any atom is 0.303 e. The van der Waals surface area contributed by atoms with E-state index in [0.717, 1.165) is 6.42 Å². The lowest BCUT2D eigenvalue weighted by Gasteiger charge is -2.14. The van der Waals surface area contributed by atoms with Gasteiger partial charge in [-0.3, -0.25) is 4.79 Å². The van der Waals surface area contributed by atoms with Crippen LogP contribution in [0.5, 0.6) is 17.2 Å². The second kappa shape index (κ2) is 5.35. The van der Waals surface area contributed by atoms with Gasteiger partial charge in [-0.1, -0.05) is 11.6 Å². The summed E-state index contributed by atoms with van der Waals surface area (Å²) in [4.78, 5) is 10.6. The molecule has 0 bridgehead atoms. The number of carbonyl (C=O) groups is 1. The molecule has 0 saturated carbocycles. The van der Waals surface area contributed by atoms with Crippen LogP contribution in [0.2, 0.25) is 5.02 Å². The Balaban J connectivity index is 2.40. The van der Waals surface area contributed by atoms with Crippen molar-refractivity contribution < 1.29 is 24.5 Å². The van der Waals surface area contributed by atoms with Crippen LogP contribution in [-0.2, 0) is 11.2 Å². The summed E-state index contributed by atoms with van der Waals surface area (Å²) in [5, 5.41) is 18.7. The summed E-state index contributed by atoms with van der Waals surface area (Å²) >= 11 is 5.89. The smallest absolute Gasteiger partial charge is 0.303 e. The summed E-state index contributed by atoms with van der Waals surface area (Å²) in [6.45, 7) is 0.973. The molecule has 0 unspecified atom stereocenters. The molecule has 1 aliphatic heterocycles. The molecule has 0 aromatic heterocycles. The number of carboxylic acid groups (broad SMARTS) is 1. The molecule has 0 amide bonds. The number of carboxylic acids is 1. The number of hydrogen-bond donors (Lipinski definition) is 2. The lowest BCUT2D eigenvalue weighted by molar-refractivity contribution is -0.136. The van der Waals surface area contributed by atoms with Crippen molar-refractivity contribution in [1.82, 2.24) is 0 Å². The molecule has 0 spiro atoms. The van der Waals surface area contributed by atoms with Gasteiger partial charge in [0, 0.05) is 24.5 Å². The van der Waals surface area contributed by atoms with Crippen LogP contribution in [0.3, 0.4) is 0 Å². The maximum absolute atomic E-state index is 10.6. The normalized spacial score (nSPS) is 14.1. The first-order chi connectivity index (χ1) is 8.59. The fourth-order valence-electron chi connectivity index (χ4n) is 1.79. The summed E-state index contributed by atoms with van der Waals surface area (Å²) in [6, 6.07) is 1.49. The predicted molar refractivity (Wildman–Crippen MR) is 64.7 cm³/mol. The van der Waals surface area contributed by atoms with Gasteiger partial charge in [0.1, 0.15) is 5.75 Å². The minimum absolute atomic E-state index is 0.107. The molecule has 0 radical (unpaired) electrons. The first-order valence-electron chi connectivity index (χ1n) is 5.61. The molecule has 0 atom stereocenters. The quantitative estimate of drug-likeness (QED) is 0.882. The summed E-state index contributed by atoms with van der Waals surface area (Å²) < 4.78 is 11.0. The Morgan fingerprint density at radius 1 is 1.39 bits per heavy atom. The van der Waals surface area contributed by atoms with Crippen molar-refractivity contribution in [3.05, 3.63) is 16.7 Å². The fourth-order valence-corrected chi connectivity index (χ4v) is 2.01. The molecule has 5 nitrogen and oxygen atoms in total. The van der Waals surface area contributed by atoms with E-state index in [0.29, 0.717) is 30.3 Å². The number of aromatic hydroxyl groups is 1. The first kappa shape index (κ1) is 12.8. The minimum Gasteiger partial charge on any atom is -0.506 e. The molecular weight excluding hydrogens is 260 g/mol. The second-order valence-corrected chi connectivity index (χ2v) is 4.36. The van der Waals surface area contributed by atoms with Crippen LogP contribution in [0.1, 0.15) is 18.4 Å². The number of hydrogen-bond acceptors (Lipinski definition) is 4. The number of ether oxygens (including phenoxy) is 2. The van der Waals surface area contributed by atoms with E-state index in [1.54, 1.807) is 0 Å². The van der Waals surface area contributed by atoms with Gasteiger partial charge in [0.25, 0.3) is 0 Å². The van der Waals surface area contributed by atoms with E-state index in [1.807, 2.05) is 0 Å². The molecule has 2 N–H and O–H groups in total. The van der Waals surface area contributed by atoms with Crippen molar-refractivity contribution in [2.45, 2.75) is 19.3 Å². The van der Waals surface area contributed by atoms with Gasteiger partial charge < -0.3 is 19.7 Å².